The number of rotatable bonds is 4. The average Bonchev–Trinajstić information content (AvgIpc) is 2.99. The lowest BCUT2D eigenvalue weighted by molar-refractivity contribution is -0.112. The van der Waals surface area contributed by atoms with E-state index in [2.05, 4.69) is 10.4 Å². The fourth-order valence-electron chi connectivity index (χ4n) is 2.59. The number of aromatic nitrogens is 2. The van der Waals surface area contributed by atoms with Crippen LogP contribution in [0, 0.1) is 11.3 Å². The summed E-state index contributed by atoms with van der Waals surface area (Å²) in [6, 6.07) is 15.7. The van der Waals surface area contributed by atoms with Gasteiger partial charge < -0.3 is 15.2 Å². The smallest absolute Gasteiger partial charge is 0.270 e. The highest BCUT2D eigenvalue weighted by molar-refractivity contribution is 6.12. The summed E-state index contributed by atoms with van der Waals surface area (Å²) in [5, 5.41) is 27.4. The molecule has 0 aliphatic rings. The van der Waals surface area contributed by atoms with Crippen LogP contribution in [0.4, 0.5) is 5.69 Å². The molecule has 0 saturated carbocycles. The van der Waals surface area contributed by atoms with Crippen LogP contribution in [0.1, 0.15) is 5.69 Å². The Balaban J connectivity index is 2.07. The van der Waals surface area contributed by atoms with Crippen molar-refractivity contribution in [3.8, 4) is 11.8 Å². The molecular weight excluding hydrogens is 332 g/mol. The Morgan fingerprint density at radius 2 is 2.00 bits per heavy atom. The van der Waals surface area contributed by atoms with Crippen molar-refractivity contribution in [2.75, 3.05) is 12.4 Å². The number of aliphatic hydroxyl groups is 1. The number of nitrogens with one attached hydrogen (secondary N) is 1. The lowest BCUT2D eigenvalue weighted by atomic mass is 10.1. The Kier molecular flexibility index (Phi) is 4.58. The molecule has 7 heteroatoms. The monoisotopic (exact) mass is 348 g/mol. The van der Waals surface area contributed by atoms with E-state index in [-0.39, 0.29) is 5.69 Å². The molecule has 0 atom stereocenters. The van der Waals surface area contributed by atoms with Gasteiger partial charge in [0.2, 0.25) is 0 Å². The van der Waals surface area contributed by atoms with E-state index < -0.39 is 17.2 Å². The molecule has 0 spiro atoms. The summed E-state index contributed by atoms with van der Waals surface area (Å²) in [4.78, 5) is 12.4. The quantitative estimate of drug-likeness (QED) is 0.429. The predicted octanol–water partition coefficient (Wildman–Crippen LogP) is 3.01. The van der Waals surface area contributed by atoms with Gasteiger partial charge in [-0.1, -0.05) is 18.2 Å². The van der Waals surface area contributed by atoms with Gasteiger partial charge in [-0.25, -0.2) is 0 Å². The summed E-state index contributed by atoms with van der Waals surface area (Å²) in [6.45, 7) is 0. The minimum Gasteiger partial charge on any atom is -0.504 e. The molecule has 130 valence electrons. The van der Waals surface area contributed by atoms with Crippen molar-refractivity contribution in [1.29, 1.82) is 5.26 Å². The normalized spacial score (nSPS) is 11.6. The molecule has 1 aromatic heterocycles. The van der Waals surface area contributed by atoms with Gasteiger partial charge in [0.25, 0.3) is 5.91 Å². The molecule has 3 rings (SSSR count). The molecule has 0 unspecified atom stereocenters. The van der Waals surface area contributed by atoms with Gasteiger partial charge >= 0.3 is 0 Å². The van der Waals surface area contributed by atoms with Crippen molar-refractivity contribution in [2.45, 2.75) is 0 Å². The van der Waals surface area contributed by atoms with E-state index in [0.717, 1.165) is 5.52 Å². The number of ether oxygens (including phenoxy) is 1. The van der Waals surface area contributed by atoms with E-state index in [1.54, 1.807) is 60.3 Å². The first-order chi connectivity index (χ1) is 12.5. The summed E-state index contributed by atoms with van der Waals surface area (Å²) in [6.07, 6.45) is 0. The van der Waals surface area contributed by atoms with Gasteiger partial charge in [0, 0.05) is 18.1 Å². The Hall–Kier alpha value is -3.79. The minimum absolute atomic E-state index is 0.140. The standard InChI is InChI=1S/C19H16N4O3/c1-23-16-9-8-13(26-2)10-14(16)17(22-23)18(24)15(11-20)19(25)21-12-6-4-3-5-7-12/h3-10,24H,1-2H3,(H,21,25). The zero-order chi connectivity index (χ0) is 18.7. The second-order valence-corrected chi connectivity index (χ2v) is 5.51. The SMILES string of the molecule is COc1ccc2c(c1)c(C(O)=C(C#N)C(=O)Nc1ccccc1)nn2C. The van der Waals surface area contributed by atoms with Gasteiger partial charge in [0.15, 0.2) is 11.3 Å². The maximum absolute atomic E-state index is 12.4. The summed E-state index contributed by atoms with van der Waals surface area (Å²) in [5.74, 6) is -0.621. The molecule has 0 saturated heterocycles. The summed E-state index contributed by atoms with van der Waals surface area (Å²) >= 11 is 0. The lowest BCUT2D eigenvalue weighted by Gasteiger charge is -2.05. The van der Waals surface area contributed by atoms with Crippen LogP contribution in [-0.4, -0.2) is 27.9 Å². The zero-order valence-corrected chi connectivity index (χ0v) is 14.2. The lowest BCUT2D eigenvalue weighted by Crippen LogP contribution is -2.15. The van der Waals surface area contributed by atoms with E-state index >= 15 is 0 Å². The Morgan fingerprint density at radius 3 is 2.65 bits per heavy atom. The van der Waals surface area contributed by atoms with Gasteiger partial charge in [-0.05, 0) is 30.3 Å². The number of nitriles is 1. The fourth-order valence-corrected chi connectivity index (χ4v) is 2.59. The number of fused-ring (bicyclic) bond motifs is 1. The van der Waals surface area contributed by atoms with Crippen LogP contribution < -0.4 is 10.1 Å². The second-order valence-electron chi connectivity index (χ2n) is 5.51. The van der Waals surface area contributed by atoms with Crippen molar-refractivity contribution in [3.63, 3.8) is 0 Å². The van der Waals surface area contributed by atoms with Crippen LogP contribution in [-0.2, 0) is 11.8 Å². The Labute approximate surface area is 149 Å². The second kappa shape index (κ2) is 6.99. The molecule has 1 heterocycles. The molecule has 1 amide bonds. The Morgan fingerprint density at radius 1 is 1.27 bits per heavy atom. The van der Waals surface area contributed by atoms with Crippen LogP contribution in [0.5, 0.6) is 5.75 Å². The molecule has 3 aromatic rings. The summed E-state index contributed by atoms with van der Waals surface area (Å²) in [7, 11) is 3.24. The third-order valence-electron chi connectivity index (χ3n) is 3.89. The maximum Gasteiger partial charge on any atom is 0.270 e. The van der Waals surface area contributed by atoms with Gasteiger partial charge in [0.05, 0.1) is 12.6 Å². The van der Waals surface area contributed by atoms with Crippen LogP contribution in [0.3, 0.4) is 0 Å². The highest BCUT2D eigenvalue weighted by Crippen LogP contribution is 2.28. The van der Waals surface area contributed by atoms with Crippen LogP contribution in [0.15, 0.2) is 54.1 Å². The molecular formula is C19H16N4O3. The van der Waals surface area contributed by atoms with Crippen molar-refractivity contribution in [2.24, 2.45) is 7.05 Å². The fraction of sp³-hybridized carbons (Fsp3) is 0.105. The third kappa shape index (κ3) is 3.08. The number of benzene rings is 2. The number of anilines is 1. The van der Waals surface area contributed by atoms with Gasteiger partial charge in [-0.15, -0.1) is 0 Å². The van der Waals surface area contributed by atoms with Crippen molar-refractivity contribution >= 4 is 28.3 Å². The minimum atomic E-state index is -0.710. The van der Waals surface area contributed by atoms with Gasteiger partial charge in [-0.3, -0.25) is 9.48 Å². The molecule has 0 aliphatic heterocycles. The number of methoxy groups -OCH3 is 1. The van der Waals surface area contributed by atoms with E-state index in [9.17, 15) is 15.2 Å². The molecule has 0 fully saturated rings. The molecule has 0 aliphatic carbocycles. The molecule has 26 heavy (non-hydrogen) atoms. The number of aryl methyl sites for hydroxylation is 1. The van der Waals surface area contributed by atoms with Crippen LogP contribution >= 0.6 is 0 Å². The number of hydrogen-bond acceptors (Lipinski definition) is 5. The van der Waals surface area contributed by atoms with E-state index in [4.69, 9.17) is 4.74 Å². The number of hydrogen-bond donors (Lipinski definition) is 2. The number of aliphatic hydroxyl groups excluding tert-OH is 1. The molecule has 0 bridgehead atoms. The topological polar surface area (TPSA) is 100 Å². The molecule has 2 N–H and O–H groups in total. The van der Waals surface area contributed by atoms with E-state index in [0.29, 0.717) is 16.8 Å². The van der Waals surface area contributed by atoms with E-state index in [1.165, 1.54) is 7.11 Å². The number of carbonyl (C=O) groups is 1. The first-order valence-corrected chi connectivity index (χ1v) is 7.76. The zero-order valence-electron chi connectivity index (χ0n) is 14.2. The Bertz CT molecular complexity index is 1050. The van der Waals surface area contributed by atoms with Gasteiger partial charge in [0.1, 0.15) is 17.5 Å². The average molecular weight is 348 g/mol. The first kappa shape index (κ1) is 17.0. The number of nitrogens with zero attached hydrogens (tertiary/aromatic N) is 3. The molecule has 0 radical (unpaired) electrons. The highest BCUT2D eigenvalue weighted by Gasteiger charge is 2.21. The van der Waals surface area contributed by atoms with E-state index in [1.807, 2.05) is 6.07 Å². The largest absolute Gasteiger partial charge is 0.504 e. The predicted molar refractivity (Wildman–Crippen MR) is 97.5 cm³/mol. The summed E-state index contributed by atoms with van der Waals surface area (Å²) in [5.41, 5.74) is 0.969. The first-order valence-electron chi connectivity index (χ1n) is 7.76. The maximum atomic E-state index is 12.4. The third-order valence-corrected chi connectivity index (χ3v) is 3.89. The molecule has 2 aromatic carbocycles. The van der Waals surface area contributed by atoms with Crippen molar-refractivity contribution in [3.05, 3.63) is 59.8 Å². The van der Waals surface area contributed by atoms with Gasteiger partial charge in [-0.2, -0.15) is 10.4 Å². The number of carbonyl (C=O) groups excluding carboxylic acids is 1. The molecule has 7 nitrogen and oxygen atoms in total. The highest BCUT2D eigenvalue weighted by atomic mass is 16.5. The van der Waals surface area contributed by atoms with Crippen LogP contribution in [0.25, 0.3) is 16.7 Å². The summed E-state index contributed by atoms with van der Waals surface area (Å²) < 4.78 is 6.76. The van der Waals surface area contributed by atoms with Crippen molar-refractivity contribution < 1.29 is 14.6 Å². The number of para-hydroxylation sites is 1. The van der Waals surface area contributed by atoms with Crippen molar-refractivity contribution in [1.82, 2.24) is 9.78 Å². The van der Waals surface area contributed by atoms with Crippen LogP contribution in [0.2, 0.25) is 0 Å². The number of amides is 1.